The Kier molecular flexibility index (Phi) is 3.60. The van der Waals surface area contributed by atoms with E-state index in [1.807, 2.05) is 12.1 Å². The summed E-state index contributed by atoms with van der Waals surface area (Å²) in [6, 6.07) is 11.9. The molecule has 0 saturated heterocycles. The molecule has 1 aromatic heterocycles. The number of aryl methyl sites for hydroxylation is 1. The van der Waals surface area contributed by atoms with E-state index in [0.717, 1.165) is 42.1 Å². The molecule has 1 N–H and O–H groups in total. The second-order valence-electron chi connectivity index (χ2n) is 6.39. The largest absolute Gasteiger partial charge is 0.478 e. The topological polar surface area (TPSA) is 42.2 Å². The highest BCUT2D eigenvalue weighted by atomic mass is 19.1. The first-order valence-corrected chi connectivity index (χ1v) is 8.25. The lowest BCUT2D eigenvalue weighted by Crippen LogP contribution is -2.09. The average Bonchev–Trinajstić information content (AvgIpc) is 2.89. The van der Waals surface area contributed by atoms with Crippen molar-refractivity contribution in [3.05, 3.63) is 70.7 Å². The molecule has 0 atom stereocenters. The molecule has 0 radical (unpaired) electrons. The normalized spacial score (nSPS) is 13.9. The molecule has 3 aromatic rings. The number of benzene rings is 2. The summed E-state index contributed by atoms with van der Waals surface area (Å²) in [6.45, 7) is 0.562. The SMILES string of the molecule is O=C(O)c1ccc2c3c(n(Cc4cccc(F)c4)c2c1)CCCC3. The van der Waals surface area contributed by atoms with Crippen LogP contribution in [0.5, 0.6) is 0 Å². The molecule has 4 rings (SSSR count). The van der Waals surface area contributed by atoms with Crippen LogP contribution in [0, 0.1) is 5.82 Å². The van der Waals surface area contributed by atoms with Crippen LogP contribution in [0.4, 0.5) is 4.39 Å². The van der Waals surface area contributed by atoms with Gasteiger partial charge < -0.3 is 9.67 Å². The van der Waals surface area contributed by atoms with Gasteiger partial charge in [-0.3, -0.25) is 0 Å². The maximum atomic E-state index is 13.5. The summed E-state index contributed by atoms with van der Waals surface area (Å²) >= 11 is 0. The van der Waals surface area contributed by atoms with Gasteiger partial charge >= 0.3 is 5.97 Å². The zero-order chi connectivity index (χ0) is 16.7. The summed E-state index contributed by atoms with van der Waals surface area (Å²) in [5.74, 6) is -1.17. The van der Waals surface area contributed by atoms with Crippen LogP contribution in [0.3, 0.4) is 0 Å². The van der Waals surface area contributed by atoms with E-state index in [0.29, 0.717) is 6.54 Å². The number of fused-ring (bicyclic) bond motifs is 3. The van der Waals surface area contributed by atoms with Gasteiger partial charge in [-0.25, -0.2) is 9.18 Å². The molecule has 4 heteroatoms. The molecule has 1 aliphatic rings. The molecule has 122 valence electrons. The summed E-state index contributed by atoms with van der Waals surface area (Å²) in [5.41, 5.74) is 4.71. The molecule has 0 unspecified atom stereocenters. The first-order valence-electron chi connectivity index (χ1n) is 8.25. The zero-order valence-corrected chi connectivity index (χ0v) is 13.3. The Morgan fingerprint density at radius 1 is 1.12 bits per heavy atom. The molecule has 24 heavy (non-hydrogen) atoms. The van der Waals surface area contributed by atoms with Crippen LogP contribution in [-0.2, 0) is 19.4 Å². The Hall–Kier alpha value is -2.62. The van der Waals surface area contributed by atoms with Gasteiger partial charge in [0.2, 0.25) is 0 Å². The van der Waals surface area contributed by atoms with Gasteiger partial charge in [-0.15, -0.1) is 0 Å². The summed E-state index contributed by atoms with van der Waals surface area (Å²) in [7, 11) is 0. The van der Waals surface area contributed by atoms with E-state index in [2.05, 4.69) is 4.57 Å². The van der Waals surface area contributed by atoms with Crippen LogP contribution in [0.1, 0.15) is 40.0 Å². The highest BCUT2D eigenvalue weighted by Gasteiger charge is 2.21. The van der Waals surface area contributed by atoms with Crippen LogP contribution in [0.15, 0.2) is 42.5 Å². The Morgan fingerprint density at radius 2 is 1.96 bits per heavy atom. The molecule has 3 nitrogen and oxygen atoms in total. The van der Waals surface area contributed by atoms with Gasteiger partial charge in [0.15, 0.2) is 0 Å². The van der Waals surface area contributed by atoms with Gasteiger partial charge in [0, 0.05) is 23.1 Å². The number of aromatic carboxylic acids is 1. The van der Waals surface area contributed by atoms with E-state index in [1.165, 1.54) is 17.3 Å². The van der Waals surface area contributed by atoms with Crippen LogP contribution < -0.4 is 0 Å². The molecule has 0 fully saturated rings. The fourth-order valence-corrected chi connectivity index (χ4v) is 3.76. The van der Waals surface area contributed by atoms with E-state index in [4.69, 9.17) is 0 Å². The van der Waals surface area contributed by atoms with Gasteiger partial charge in [0.05, 0.1) is 5.56 Å². The molecular formula is C20H18FNO2. The molecule has 0 aliphatic heterocycles. The maximum absolute atomic E-state index is 13.5. The maximum Gasteiger partial charge on any atom is 0.335 e. The van der Waals surface area contributed by atoms with Crippen molar-refractivity contribution >= 4 is 16.9 Å². The third-order valence-electron chi connectivity index (χ3n) is 4.85. The van der Waals surface area contributed by atoms with Crippen molar-refractivity contribution in [1.29, 1.82) is 0 Å². The van der Waals surface area contributed by atoms with Crippen molar-refractivity contribution in [3.63, 3.8) is 0 Å². The lowest BCUT2D eigenvalue weighted by Gasteiger charge is -2.16. The molecule has 0 amide bonds. The van der Waals surface area contributed by atoms with E-state index in [1.54, 1.807) is 24.3 Å². The number of carboxylic acids is 1. The number of halogens is 1. The number of carbonyl (C=O) groups is 1. The summed E-state index contributed by atoms with van der Waals surface area (Å²) in [6.07, 6.45) is 4.31. The molecular weight excluding hydrogens is 305 g/mol. The average molecular weight is 323 g/mol. The van der Waals surface area contributed by atoms with Crippen molar-refractivity contribution in [1.82, 2.24) is 4.57 Å². The Morgan fingerprint density at radius 3 is 2.75 bits per heavy atom. The smallest absolute Gasteiger partial charge is 0.335 e. The predicted molar refractivity (Wildman–Crippen MR) is 91.0 cm³/mol. The molecule has 2 aromatic carbocycles. The number of hydrogen-bond acceptors (Lipinski definition) is 1. The van der Waals surface area contributed by atoms with Gasteiger partial charge in [-0.2, -0.15) is 0 Å². The third-order valence-corrected chi connectivity index (χ3v) is 4.85. The van der Waals surface area contributed by atoms with Crippen LogP contribution in [0.2, 0.25) is 0 Å². The van der Waals surface area contributed by atoms with E-state index < -0.39 is 5.97 Å². The van der Waals surface area contributed by atoms with Crippen LogP contribution in [0.25, 0.3) is 10.9 Å². The number of nitrogens with zero attached hydrogens (tertiary/aromatic N) is 1. The Labute approximate surface area is 139 Å². The molecule has 0 saturated carbocycles. The van der Waals surface area contributed by atoms with Gasteiger partial charge in [0.1, 0.15) is 5.82 Å². The highest BCUT2D eigenvalue weighted by molar-refractivity contribution is 5.95. The fourth-order valence-electron chi connectivity index (χ4n) is 3.76. The van der Waals surface area contributed by atoms with Gasteiger partial charge in [-0.05, 0) is 61.1 Å². The van der Waals surface area contributed by atoms with E-state index in [9.17, 15) is 14.3 Å². The van der Waals surface area contributed by atoms with Crippen molar-refractivity contribution in [2.45, 2.75) is 32.2 Å². The zero-order valence-electron chi connectivity index (χ0n) is 13.3. The number of hydrogen-bond donors (Lipinski definition) is 1. The molecule has 1 aliphatic carbocycles. The second-order valence-corrected chi connectivity index (χ2v) is 6.39. The van der Waals surface area contributed by atoms with Gasteiger partial charge in [0.25, 0.3) is 0 Å². The number of aromatic nitrogens is 1. The minimum Gasteiger partial charge on any atom is -0.478 e. The Balaban J connectivity index is 1.91. The lowest BCUT2D eigenvalue weighted by atomic mass is 9.95. The summed E-state index contributed by atoms with van der Waals surface area (Å²) < 4.78 is 15.7. The summed E-state index contributed by atoms with van der Waals surface area (Å²) in [5, 5.41) is 10.4. The van der Waals surface area contributed by atoms with Crippen LogP contribution in [-0.4, -0.2) is 15.6 Å². The molecule has 0 spiro atoms. The van der Waals surface area contributed by atoms with E-state index >= 15 is 0 Å². The quantitative estimate of drug-likeness (QED) is 0.776. The van der Waals surface area contributed by atoms with Crippen LogP contribution >= 0.6 is 0 Å². The van der Waals surface area contributed by atoms with Crippen molar-refractivity contribution in [2.24, 2.45) is 0 Å². The molecule has 1 heterocycles. The fraction of sp³-hybridized carbons (Fsp3) is 0.250. The highest BCUT2D eigenvalue weighted by Crippen LogP contribution is 2.33. The first-order chi connectivity index (χ1) is 11.6. The minimum atomic E-state index is -0.923. The number of rotatable bonds is 3. The predicted octanol–water partition coefficient (Wildman–Crippen LogP) is 4.41. The van der Waals surface area contributed by atoms with E-state index in [-0.39, 0.29) is 11.4 Å². The first kappa shape index (κ1) is 14.9. The van der Waals surface area contributed by atoms with Crippen molar-refractivity contribution in [3.8, 4) is 0 Å². The Bertz CT molecular complexity index is 942. The standard InChI is InChI=1S/C20H18FNO2/c21-15-5-3-4-13(10-15)12-22-18-7-2-1-6-16(18)17-9-8-14(20(23)24)11-19(17)22/h3-5,8-11H,1-2,6-7,12H2,(H,23,24). The molecule has 0 bridgehead atoms. The monoisotopic (exact) mass is 323 g/mol. The van der Waals surface area contributed by atoms with Crippen molar-refractivity contribution < 1.29 is 14.3 Å². The third kappa shape index (κ3) is 2.48. The second kappa shape index (κ2) is 5.78. The van der Waals surface area contributed by atoms with Crippen molar-refractivity contribution in [2.75, 3.05) is 0 Å². The van der Waals surface area contributed by atoms with Gasteiger partial charge in [-0.1, -0.05) is 18.2 Å². The summed E-state index contributed by atoms with van der Waals surface area (Å²) in [4.78, 5) is 11.3. The lowest BCUT2D eigenvalue weighted by molar-refractivity contribution is 0.0697. The minimum absolute atomic E-state index is 0.246. The number of carboxylic acid groups (broad SMARTS) is 1.